The number of methoxy groups -OCH3 is 1. The third-order valence-electron chi connectivity index (χ3n) is 2.55. The number of rotatable bonds is 5. The molecule has 2 rings (SSSR count). The highest BCUT2D eigenvalue weighted by atomic mass is 32.2. The van der Waals surface area contributed by atoms with Gasteiger partial charge in [-0.25, -0.2) is 14.4 Å². The number of thioether (sulfide) groups is 1. The number of ketones is 1. The van der Waals surface area contributed by atoms with Gasteiger partial charge in [0.05, 0.1) is 18.4 Å². The predicted octanol–water partition coefficient (Wildman–Crippen LogP) is 2.91. The molecule has 1 aromatic heterocycles. The van der Waals surface area contributed by atoms with Gasteiger partial charge in [-0.3, -0.25) is 4.79 Å². The van der Waals surface area contributed by atoms with E-state index in [0.717, 1.165) is 5.56 Å². The van der Waals surface area contributed by atoms with E-state index in [1.165, 1.54) is 37.1 Å². The number of halogens is 1. The van der Waals surface area contributed by atoms with Crippen molar-refractivity contribution < 1.29 is 13.9 Å². The zero-order valence-corrected chi connectivity index (χ0v) is 11.9. The number of carbonyl (C=O) groups excluding carboxylic acids is 1. The molecule has 0 aliphatic heterocycles. The summed E-state index contributed by atoms with van der Waals surface area (Å²) in [5.41, 5.74) is 1.18. The molecule has 1 aromatic carbocycles. The van der Waals surface area contributed by atoms with Gasteiger partial charge in [-0.15, -0.1) is 0 Å². The molecule has 0 saturated heterocycles. The van der Waals surface area contributed by atoms with Gasteiger partial charge in [0.15, 0.2) is 10.9 Å². The quantitative estimate of drug-likeness (QED) is 0.482. The van der Waals surface area contributed by atoms with Gasteiger partial charge in [0.2, 0.25) is 0 Å². The average Bonchev–Trinajstić information content (AvgIpc) is 2.46. The molecule has 1 heterocycles. The molecule has 0 aliphatic rings. The smallest absolute Gasteiger partial charge is 0.187 e. The van der Waals surface area contributed by atoms with E-state index in [2.05, 4.69) is 9.97 Å². The standard InChI is InChI=1S/C14H13FN2O2S/c1-9-6-16-14(17-7-9)20-8-12(18)11-5-10(15)3-4-13(11)19-2/h3-7H,8H2,1-2H3. The maximum absolute atomic E-state index is 13.2. The third kappa shape index (κ3) is 3.54. The van der Waals surface area contributed by atoms with Crippen LogP contribution in [0.1, 0.15) is 15.9 Å². The van der Waals surface area contributed by atoms with Crippen molar-refractivity contribution in [3.05, 3.63) is 47.5 Å². The fraction of sp³-hybridized carbons (Fsp3) is 0.214. The molecule has 104 valence electrons. The highest BCUT2D eigenvalue weighted by Gasteiger charge is 2.14. The Hall–Kier alpha value is -1.95. The molecule has 0 saturated carbocycles. The van der Waals surface area contributed by atoms with Crippen LogP contribution < -0.4 is 4.74 Å². The summed E-state index contributed by atoms with van der Waals surface area (Å²) in [7, 11) is 1.44. The summed E-state index contributed by atoms with van der Waals surface area (Å²) in [5.74, 6) is -0.203. The van der Waals surface area contributed by atoms with Crippen LogP contribution in [-0.4, -0.2) is 28.6 Å². The Labute approximate surface area is 120 Å². The van der Waals surface area contributed by atoms with E-state index in [1.54, 1.807) is 12.4 Å². The maximum Gasteiger partial charge on any atom is 0.187 e. The number of hydrogen-bond acceptors (Lipinski definition) is 5. The first kappa shape index (κ1) is 14.5. The van der Waals surface area contributed by atoms with Crippen molar-refractivity contribution in [3.63, 3.8) is 0 Å². The minimum absolute atomic E-state index is 0.128. The van der Waals surface area contributed by atoms with E-state index < -0.39 is 5.82 Å². The van der Waals surface area contributed by atoms with Crippen molar-refractivity contribution in [3.8, 4) is 5.75 Å². The largest absolute Gasteiger partial charge is 0.496 e. The molecule has 0 fully saturated rings. The number of nitrogens with zero attached hydrogens (tertiary/aromatic N) is 2. The number of Topliss-reactive ketones (excluding diaryl/α,β-unsaturated/α-hetero) is 1. The fourth-order valence-electron chi connectivity index (χ4n) is 1.56. The van der Waals surface area contributed by atoms with Gasteiger partial charge in [-0.2, -0.15) is 0 Å². The summed E-state index contributed by atoms with van der Waals surface area (Å²) in [6.07, 6.45) is 3.37. The van der Waals surface area contributed by atoms with Crippen molar-refractivity contribution in [1.29, 1.82) is 0 Å². The normalized spacial score (nSPS) is 10.3. The second-order valence-electron chi connectivity index (χ2n) is 4.10. The van der Waals surface area contributed by atoms with E-state index in [-0.39, 0.29) is 17.1 Å². The van der Waals surface area contributed by atoms with E-state index in [1.807, 2.05) is 6.92 Å². The summed E-state index contributed by atoms with van der Waals surface area (Å²) in [4.78, 5) is 20.3. The summed E-state index contributed by atoms with van der Waals surface area (Å²) >= 11 is 1.21. The van der Waals surface area contributed by atoms with Crippen LogP contribution in [0.3, 0.4) is 0 Å². The first-order valence-corrected chi connectivity index (χ1v) is 6.87. The Kier molecular flexibility index (Phi) is 4.68. The first-order chi connectivity index (χ1) is 9.60. The molecule has 0 bridgehead atoms. The Bertz CT molecular complexity index is 617. The monoisotopic (exact) mass is 292 g/mol. The van der Waals surface area contributed by atoms with E-state index in [0.29, 0.717) is 10.9 Å². The Morgan fingerprint density at radius 2 is 2.05 bits per heavy atom. The lowest BCUT2D eigenvalue weighted by Gasteiger charge is -2.07. The van der Waals surface area contributed by atoms with E-state index in [9.17, 15) is 9.18 Å². The molecule has 0 unspecified atom stereocenters. The fourth-order valence-corrected chi connectivity index (χ4v) is 2.23. The molecule has 6 heteroatoms. The van der Waals surface area contributed by atoms with Gasteiger partial charge in [0, 0.05) is 12.4 Å². The Morgan fingerprint density at radius 1 is 1.35 bits per heavy atom. The molecule has 0 amide bonds. The van der Waals surface area contributed by atoms with E-state index >= 15 is 0 Å². The van der Waals surface area contributed by atoms with Crippen LogP contribution in [0.15, 0.2) is 35.7 Å². The van der Waals surface area contributed by atoms with Crippen molar-refractivity contribution in [2.45, 2.75) is 12.1 Å². The van der Waals surface area contributed by atoms with Crippen LogP contribution in [0, 0.1) is 12.7 Å². The number of aromatic nitrogens is 2. The minimum atomic E-state index is -0.467. The molecule has 0 radical (unpaired) electrons. The molecule has 0 spiro atoms. The zero-order valence-electron chi connectivity index (χ0n) is 11.1. The first-order valence-electron chi connectivity index (χ1n) is 5.88. The van der Waals surface area contributed by atoms with Gasteiger partial charge in [0.1, 0.15) is 11.6 Å². The van der Waals surface area contributed by atoms with Gasteiger partial charge >= 0.3 is 0 Å². The van der Waals surface area contributed by atoms with Gasteiger partial charge in [-0.1, -0.05) is 11.8 Å². The molecule has 20 heavy (non-hydrogen) atoms. The SMILES string of the molecule is COc1ccc(F)cc1C(=O)CSc1ncc(C)cn1. The van der Waals surface area contributed by atoms with Crippen LogP contribution in [-0.2, 0) is 0 Å². The van der Waals surface area contributed by atoms with Gasteiger partial charge in [0.25, 0.3) is 0 Å². The number of carbonyl (C=O) groups is 1. The highest BCUT2D eigenvalue weighted by Crippen LogP contribution is 2.22. The summed E-state index contributed by atoms with van der Waals surface area (Å²) in [5, 5.41) is 0.513. The van der Waals surface area contributed by atoms with Crippen LogP contribution in [0.4, 0.5) is 4.39 Å². The van der Waals surface area contributed by atoms with Crippen molar-refractivity contribution >= 4 is 17.5 Å². The van der Waals surface area contributed by atoms with Crippen LogP contribution >= 0.6 is 11.8 Å². The molecule has 0 aliphatic carbocycles. The summed E-state index contributed by atoms with van der Waals surface area (Å²) in [6.45, 7) is 1.89. The number of hydrogen-bond donors (Lipinski definition) is 0. The lowest BCUT2D eigenvalue weighted by atomic mass is 10.1. The Morgan fingerprint density at radius 3 is 2.70 bits per heavy atom. The third-order valence-corrected chi connectivity index (χ3v) is 3.43. The second kappa shape index (κ2) is 6.47. The number of aryl methyl sites for hydroxylation is 1. The van der Waals surface area contributed by atoms with Crippen LogP contribution in [0.5, 0.6) is 5.75 Å². The van der Waals surface area contributed by atoms with Crippen LogP contribution in [0.2, 0.25) is 0 Å². The average molecular weight is 292 g/mol. The molecular formula is C14H13FN2O2S. The summed E-state index contributed by atoms with van der Waals surface area (Å²) < 4.78 is 18.3. The lowest BCUT2D eigenvalue weighted by molar-refractivity contribution is 0.101. The van der Waals surface area contributed by atoms with E-state index in [4.69, 9.17) is 4.74 Å². The zero-order chi connectivity index (χ0) is 14.5. The van der Waals surface area contributed by atoms with Gasteiger partial charge < -0.3 is 4.74 Å². The molecule has 0 N–H and O–H groups in total. The maximum atomic E-state index is 13.2. The molecule has 0 atom stereocenters. The Balaban J connectivity index is 2.08. The van der Waals surface area contributed by atoms with Crippen LogP contribution in [0.25, 0.3) is 0 Å². The lowest BCUT2D eigenvalue weighted by Crippen LogP contribution is -2.06. The molecular weight excluding hydrogens is 279 g/mol. The topological polar surface area (TPSA) is 52.1 Å². The summed E-state index contributed by atoms with van der Waals surface area (Å²) in [6, 6.07) is 3.87. The predicted molar refractivity (Wildman–Crippen MR) is 74.8 cm³/mol. The van der Waals surface area contributed by atoms with Crippen molar-refractivity contribution in [1.82, 2.24) is 9.97 Å². The number of benzene rings is 1. The van der Waals surface area contributed by atoms with Gasteiger partial charge in [-0.05, 0) is 30.7 Å². The van der Waals surface area contributed by atoms with Crippen molar-refractivity contribution in [2.75, 3.05) is 12.9 Å². The van der Waals surface area contributed by atoms with Crippen molar-refractivity contribution in [2.24, 2.45) is 0 Å². The minimum Gasteiger partial charge on any atom is -0.496 e. The molecule has 2 aromatic rings. The highest BCUT2D eigenvalue weighted by molar-refractivity contribution is 7.99. The molecule has 4 nitrogen and oxygen atoms in total. The number of ether oxygens (including phenoxy) is 1. The second-order valence-corrected chi connectivity index (χ2v) is 5.04.